The topological polar surface area (TPSA) is 15.3 Å². The monoisotopic (exact) mass is 328 g/mol. The molecule has 2 nitrogen and oxygen atoms in total. The van der Waals surface area contributed by atoms with E-state index in [0.717, 1.165) is 18.5 Å². The molecule has 2 rings (SSSR count). The van der Waals surface area contributed by atoms with Crippen molar-refractivity contribution in [2.75, 3.05) is 20.1 Å². The number of nitrogens with zero attached hydrogens (tertiary/aromatic N) is 1. The standard InChI is InChI=1S/C17H26Cl2N2/c1-13-7-4-3-5-11-21(13)12-10-16(20-2)14-8-6-9-15(18)17(14)19/h6,8-9,13,16,20H,3-5,7,10-12H2,1-2H3. The highest BCUT2D eigenvalue weighted by Gasteiger charge is 2.20. The smallest absolute Gasteiger partial charge is 0.0640 e. The lowest BCUT2D eigenvalue weighted by molar-refractivity contribution is 0.203. The molecule has 1 aliphatic rings. The molecule has 1 fully saturated rings. The summed E-state index contributed by atoms with van der Waals surface area (Å²) in [6, 6.07) is 6.84. The zero-order valence-electron chi connectivity index (χ0n) is 13.0. The van der Waals surface area contributed by atoms with Gasteiger partial charge in [0.25, 0.3) is 0 Å². The van der Waals surface area contributed by atoms with Crippen LogP contribution in [0.5, 0.6) is 0 Å². The summed E-state index contributed by atoms with van der Waals surface area (Å²) in [6.45, 7) is 4.68. The van der Waals surface area contributed by atoms with Gasteiger partial charge in [-0.3, -0.25) is 0 Å². The van der Waals surface area contributed by atoms with E-state index in [-0.39, 0.29) is 6.04 Å². The van der Waals surface area contributed by atoms with Crippen LogP contribution < -0.4 is 5.32 Å². The summed E-state index contributed by atoms with van der Waals surface area (Å²) in [5.74, 6) is 0. The molecule has 1 aliphatic heterocycles. The summed E-state index contributed by atoms with van der Waals surface area (Å²) in [7, 11) is 1.99. The van der Waals surface area contributed by atoms with Crippen LogP contribution >= 0.6 is 23.2 Å². The Morgan fingerprint density at radius 3 is 2.86 bits per heavy atom. The van der Waals surface area contributed by atoms with E-state index in [1.807, 2.05) is 19.2 Å². The third-order valence-electron chi connectivity index (χ3n) is 4.60. The van der Waals surface area contributed by atoms with Gasteiger partial charge in [0.2, 0.25) is 0 Å². The molecule has 0 spiro atoms. The molecule has 21 heavy (non-hydrogen) atoms. The van der Waals surface area contributed by atoms with Crippen LogP contribution in [0.2, 0.25) is 10.0 Å². The van der Waals surface area contributed by atoms with Gasteiger partial charge in [-0.05, 0) is 51.4 Å². The molecule has 0 bridgehead atoms. The van der Waals surface area contributed by atoms with Crippen molar-refractivity contribution >= 4 is 23.2 Å². The Kier molecular flexibility index (Phi) is 6.81. The number of rotatable bonds is 5. The predicted molar refractivity (Wildman–Crippen MR) is 92.4 cm³/mol. The van der Waals surface area contributed by atoms with Crippen LogP contribution in [0.4, 0.5) is 0 Å². The Balaban J connectivity index is 2.00. The summed E-state index contributed by atoms with van der Waals surface area (Å²) in [4.78, 5) is 2.62. The molecule has 4 heteroatoms. The molecule has 1 heterocycles. The van der Waals surface area contributed by atoms with Crippen molar-refractivity contribution in [1.82, 2.24) is 10.2 Å². The summed E-state index contributed by atoms with van der Waals surface area (Å²) < 4.78 is 0. The van der Waals surface area contributed by atoms with E-state index >= 15 is 0 Å². The first-order valence-corrected chi connectivity index (χ1v) is 8.74. The fourth-order valence-electron chi connectivity index (χ4n) is 3.21. The quantitative estimate of drug-likeness (QED) is 0.826. The first-order valence-electron chi connectivity index (χ1n) is 7.98. The van der Waals surface area contributed by atoms with Gasteiger partial charge in [-0.15, -0.1) is 0 Å². The number of hydrogen-bond donors (Lipinski definition) is 1. The van der Waals surface area contributed by atoms with E-state index in [9.17, 15) is 0 Å². The number of hydrogen-bond acceptors (Lipinski definition) is 2. The van der Waals surface area contributed by atoms with Crippen molar-refractivity contribution < 1.29 is 0 Å². The molecule has 1 N–H and O–H groups in total. The zero-order chi connectivity index (χ0) is 15.2. The third kappa shape index (κ3) is 4.59. The second kappa shape index (κ2) is 8.38. The lowest BCUT2D eigenvalue weighted by Gasteiger charge is -2.29. The fraction of sp³-hybridized carbons (Fsp3) is 0.647. The van der Waals surface area contributed by atoms with Crippen LogP contribution in [0, 0.1) is 0 Å². The van der Waals surface area contributed by atoms with Crippen LogP contribution in [0.3, 0.4) is 0 Å². The molecule has 2 unspecified atom stereocenters. The normalized spacial score (nSPS) is 22.0. The maximum atomic E-state index is 6.36. The van der Waals surface area contributed by atoms with Crippen molar-refractivity contribution in [2.45, 2.75) is 51.1 Å². The second-order valence-electron chi connectivity index (χ2n) is 6.01. The molecule has 0 aliphatic carbocycles. The van der Waals surface area contributed by atoms with Crippen LogP contribution in [-0.4, -0.2) is 31.1 Å². The van der Waals surface area contributed by atoms with Gasteiger partial charge in [0.05, 0.1) is 10.0 Å². The minimum atomic E-state index is 0.256. The van der Waals surface area contributed by atoms with Gasteiger partial charge in [0.1, 0.15) is 0 Å². The Hall–Kier alpha value is -0.280. The van der Waals surface area contributed by atoms with Gasteiger partial charge >= 0.3 is 0 Å². The molecule has 0 amide bonds. The molecular formula is C17H26Cl2N2. The summed E-state index contributed by atoms with van der Waals surface area (Å²) >= 11 is 12.5. The largest absolute Gasteiger partial charge is 0.313 e. The van der Waals surface area contributed by atoms with Crippen LogP contribution in [0.1, 0.15) is 50.6 Å². The van der Waals surface area contributed by atoms with Crippen LogP contribution in [0.25, 0.3) is 0 Å². The third-order valence-corrected chi connectivity index (χ3v) is 5.43. The number of benzene rings is 1. The van der Waals surface area contributed by atoms with E-state index in [2.05, 4.69) is 23.2 Å². The van der Waals surface area contributed by atoms with Gasteiger partial charge < -0.3 is 10.2 Å². The highest BCUT2D eigenvalue weighted by molar-refractivity contribution is 6.42. The average molecular weight is 329 g/mol. The number of likely N-dealkylation sites (tertiary alicyclic amines) is 1. The lowest BCUT2D eigenvalue weighted by Crippen LogP contribution is -2.35. The zero-order valence-corrected chi connectivity index (χ0v) is 14.6. The number of halogens is 2. The van der Waals surface area contributed by atoms with Crippen molar-refractivity contribution in [3.05, 3.63) is 33.8 Å². The van der Waals surface area contributed by atoms with Crippen molar-refractivity contribution in [3.8, 4) is 0 Å². The molecule has 2 atom stereocenters. The van der Waals surface area contributed by atoms with E-state index in [4.69, 9.17) is 23.2 Å². The SMILES string of the molecule is CNC(CCN1CCCCCC1C)c1cccc(Cl)c1Cl. The van der Waals surface area contributed by atoms with Gasteiger partial charge in [0, 0.05) is 18.6 Å². The first kappa shape index (κ1) is 17.1. The fourth-order valence-corrected chi connectivity index (χ4v) is 3.65. The Bertz CT molecular complexity index is 450. The van der Waals surface area contributed by atoms with Gasteiger partial charge in [-0.1, -0.05) is 48.2 Å². The molecule has 118 valence electrons. The Labute approximate surface area is 138 Å². The van der Waals surface area contributed by atoms with Crippen molar-refractivity contribution in [3.63, 3.8) is 0 Å². The first-order chi connectivity index (χ1) is 10.1. The Morgan fingerprint density at radius 2 is 2.10 bits per heavy atom. The molecule has 1 aromatic rings. The second-order valence-corrected chi connectivity index (χ2v) is 6.79. The summed E-state index contributed by atoms with van der Waals surface area (Å²) in [6.07, 6.45) is 6.44. The van der Waals surface area contributed by atoms with Gasteiger partial charge in [-0.25, -0.2) is 0 Å². The number of nitrogens with one attached hydrogen (secondary N) is 1. The molecular weight excluding hydrogens is 303 g/mol. The highest BCUT2D eigenvalue weighted by Crippen LogP contribution is 2.31. The molecule has 0 radical (unpaired) electrons. The Morgan fingerprint density at radius 1 is 1.29 bits per heavy atom. The molecule has 1 aromatic carbocycles. The maximum Gasteiger partial charge on any atom is 0.0640 e. The highest BCUT2D eigenvalue weighted by atomic mass is 35.5. The van der Waals surface area contributed by atoms with Gasteiger partial charge in [-0.2, -0.15) is 0 Å². The molecule has 1 saturated heterocycles. The maximum absolute atomic E-state index is 6.36. The summed E-state index contributed by atoms with van der Waals surface area (Å²) in [5.41, 5.74) is 1.11. The van der Waals surface area contributed by atoms with Crippen molar-refractivity contribution in [2.24, 2.45) is 0 Å². The lowest BCUT2D eigenvalue weighted by atomic mass is 10.0. The molecule has 0 saturated carbocycles. The minimum absolute atomic E-state index is 0.256. The summed E-state index contributed by atoms with van der Waals surface area (Å²) in [5, 5.41) is 4.71. The predicted octanol–water partition coefficient (Wildman–Crippen LogP) is 4.91. The minimum Gasteiger partial charge on any atom is -0.313 e. The van der Waals surface area contributed by atoms with Crippen molar-refractivity contribution in [1.29, 1.82) is 0 Å². The van der Waals surface area contributed by atoms with Crippen LogP contribution in [0.15, 0.2) is 18.2 Å². The molecule has 0 aromatic heterocycles. The van der Waals surface area contributed by atoms with E-state index in [1.165, 1.54) is 32.2 Å². The average Bonchev–Trinajstić information content (AvgIpc) is 2.68. The van der Waals surface area contributed by atoms with Gasteiger partial charge in [0.15, 0.2) is 0 Å². The van der Waals surface area contributed by atoms with E-state index < -0.39 is 0 Å². The van der Waals surface area contributed by atoms with E-state index in [0.29, 0.717) is 16.1 Å². The van der Waals surface area contributed by atoms with E-state index in [1.54, 1.807) is 0 Å². The van der Waals surface area contributed by atoms with Crippen LogP contribution in [-0.2, 0) is 0 Å².